The first kappa shape index (κ1) is 17.4. The quantitative estimate of drug-likeness (QED) is 0.680. The van der Waals surface area contributed by atoms with Crippen LogP contribution in [0.5, 0.6) is 0 Å². The maximum Gasteiger partial charge on any atom is 0.270 e. The molecule has 0 radical (unpaired) electrons. The minimum atomic E-state index is -4.00. The van der Waals surface area contributed by atoms with Crippen LogP contribution in [0.2, 0.25) is 0 Å². The monoisotopic (exact) mass is 397 g/mol. The smallest absolute Gasteiger partial charge is 0.270 e. The van der Waals surface area contributed by atoms with Gasteiger partial charge in [-0.25, -0.2) is 8.42 Å². The molecule has 0 saturated heterocycles. The minimum Gasteiger partial charge on any atom is -0.359 e. The number of carbonyl (C=O) groups is 1. The normalized spacial score (nSPS) is 17.0. The average Bonchev–Trinajstić information content (AvgIpc) is 3.16. The maximum atomic E-state index is 13.2. The second kappa shape index (κ2) is 6.98. The predicted molar refractivity (Wildman–Crippen MR) is 106 cm³/mol. The standard InChI is InChI=1S/C19H15N3O3S2/c23-18-17(12-21-15-7-4-9-20-11-15)27(24,25)22(16-8-10-26-19(16)18)13-14-5-2-1-3-6-14/h1-12,21H,13H2/b17-12-. The molecule has 4 rings (SSSR count). The molecule has 0 bridgehead atoms. The van der Waals surface area contributed by atoms with Gasteiger partial charge in [-0.3, -0.25) is 14.1 Å². The third-order valence-corrected chi connectivity index (χ3v) is 6.78. The van der Waals surface area contributed by atoms with E-state index >= 15 is 0 Å². The molecule has 1 aliphatic rings. The summed E-state index contributed by atoms with van der Waals surface area (Å²) in [4.78, 5) is 16.9. The minimum absolute atomic E-state index is 0.157. The van der Waals surface area contributed by atoms with Crippen molar-refractivity contribution in [3.63, 3.8) is 0 Å². The van der Waals surface area contributed by atoms with Crippen molar-refractivity contribution < 1.29 is 13.2 Å². The van der Waals surface area contributed by atoms with Crippen molar-refractivity contribution in [2.45, 2.75) is 6.54 Å². The van der Waals surface area contributed by atoms with Crippen molar-refractivity contribution in [2.75, 3.05) is 9.62 Å². The lowest BCUT2D eigenvalue weighted by Crippen LogP contribution is -2.38. The Bertz CT molecular complexity index is 1110. The first-order chi connectivity index (χ1) is 13.1. The highest BCUT2D eigenvalue weighted by Crippen LogP contribution is 2.39. The van der Waals surface area contributed by atoms with Crippen LogP contribution >= 0.6 is 11.3 Å². The molecule has 0 fully saturated rings. The molecule has 27 heavy (non-hydrogen) atoms. The zero-order valence-corrected chi connectivity index (χ0v) is 15.7. The van der Waals surface area contributed by atoms with Gasteiger partial charge in [0.25, 0.3) is 10.0 Å². The summed E-state index contributed by atoms with van der Waals surface area (Å²) in [5.74, 6) is -0.499. The maximum absolute atomic E-state index is 13.2. The summed E-state index contributed by atoms with van der Waals surface area (Å²) in [7, 11) is -4.00. The van der Waals surface area contributed by atoms with Gasteiger partial charge >= 0.3 is 0 Å². The Hall–Kier alpha value is -2.97. The highest BCUT2D eigenvalue weighted by atomic mass is 32.2. The molecule has 0 spiro atoms. The van der Waals surface area contributed by atoms with Gasteiger partial charge < -0.3 is 5.32 Å². The molecule has 3 heterocycles. The first-order valence-electron chi connectivity index (χ1n) is 8.13. The number of ketones is 1. The van der Waals surface area contributed by atoms with Crippen LogP contribution in [-0.2, 0) is 16.6 Å². The molecule has 1 N–H and O–H groups in total. The van der Waals surface area contributed by atoms with E-state index in [-0.39, 0.29) is 11.4 Å². The van der Waals surface area contributed by atoms with E-state index < -0.39 is 15.8 Å². The molecular weight excluding hydrogens is 382 g/mol. The number of rotatable bonds is 4. The van der Waals surface area contributed by atoms with Crippen LogP contribution in [0, 0.1) is 0 Å². The van der Waals surface area contributed by atoms with Gasteiger partial charge in [-0.05, 0) is 29.1 Å². The Morgan fingerprint density at radius 3 is 2.67 bits per heavy atom. The van der Waals surface area contributed by atoms with Crippen molar-refractivity contribution in [1.29, 1.82) is 0 Å². The lowest BCUT2D eigenvalue weighted by atomic mass is 10.2. The van der Waals surface area contributed by atoms with Crippen LogP contribution in [0.4, 0.5) is 11.4 Å². The van der Waals surface area contributed by atoms with Crippen molar-refractivity contribution in [1.82, 2.24) is 4.98 Å². The van der Waals surface area contributed by atoms with E-state index in [1.54, 1.807) is 36.0 Å². The van der Waals surface area contributed by atoms with E-state index in [0.717, 1.165) is 5.56 Å². The number of hydrogen-bond donors (Lipinski definition) is 1. The molecule has 1 aromatic carbocycles. The number of Topliss-reactive ketones (excluding diaryl/α,β-unsaturated/α-hetero) is 1. The van der Waals surface area contributed by atoms with Crippen molar-refractivity contribution in [3.8, 4) is 0 Å². The number of nitrogens with one attached hydrogen (secondary N) is 1. The number of aromatic nitrogens is 1. The highest BCUT2D eigenvalue weighted by Gasteiger charge is 2.41. The third-order valence-electron chi connectivity index (χ3n) is 4.11. The number of allylic oxidation sites excluding steroid dienone is 1. The van der Waals surface area contributed by atoms with E-state index in [4.69, 9.17) is 0 Å². The van der Waals surface area contributed by atoms with E-state index in [2.05, 4.69) is 10.3 Å². The molecule has 0 aliphatic carbocycles. The average molecular weight is 397 g/mol. The first-order valence-corrected chi connectivity index (χ1v) is 10.4. The van der Waals surface area contributed by atoms with Crippen LogP contribution < -0.4 is 9.62 Å². The fourth-order valence-corrected chi connectivity index (χ4v) is 5.29. The molecular formula is C19H15N3O3S2. The van der Waals surface area contributed by atoms with Gasteiger partial charge in [-0.2, -0.15) is 0 Å². The Labute approximate surface area is 160 Å². The molecule has 3 aromatic rings. The number of benzene rings is 1. The van der Waals surface area contributed by atoms with E-state index in [0.29, 0.717) is 16.3 Å². The second-order valence-corrected chi connectivity index (χ2v) is 8.60. The SMILES string of the molecule is O=C1/C(=C/Nc2cccnc2)S(=O)(=O)N(Cc2ccccc2)c2ccsc21. The zero-order chi connectivity index (χ0) is 18.9. The second-order valence-electron chi connectivity index (χ2n) is 5.86. The molecule has 1 aliphatic heterocycles. The van der Waals surface area contributed by atoms with Gasteiger partial charge in [0.05, 0.1) is 24.1 Å². The van der Waals surface area contributed by atoms with E-state index in [1.165, 1.54) is 21.8 Å². The number of thiophene rings is 1. The van der Waals surface area contributed by atoms with E-state index in [1.807, 2.05) is 30.3 Å². The van der Waals surface area contributed by atoms with Gasteiger partial charge in [0.2, 0.25) is 5.78 Å². The van der Waals surface area contributed by atoms with Crippen LogP contribution in [0.3, 0.4) is 0 Å². The molecule has 2 aromatic heterocycles. The summed E-state index contributed by atoms with van der Waals surface area (Å²) in [6.07, 6.45) is 4.41. The Kier molecular flexibility index (Phi) is 4.51. The summed E-state index contributed by atoms with van der Waals surface area (Å²) in [5.41, 5.74) is 1.86. The molecule has 0 atom stereocenters. The van der Waals surface area contributed by atoms with Gasteiger partial charge in [0, 0.05) is 12.4 Å². The van der Waals surface area contributed by atoms with E-state index in [9.17, 15) is 13.2 Å². The predicted octanol–water partition coefficient (Wildman–Crippen LogP) is 3.63. The summed E-state index contributed by atoms with van der Waals surface area (Å²) in [6, 6.07) is 14.4. The molecule has 136 valence electrons. The van der Waals surface area contributed by atoms with Gasteiger partial charge in [0.15, 0.2) is 4.91 Å². The zero-order valence-electron chi connectivity index (χ0n) is 14.1. The van der Waals surface area contributed by atoms with Crippen LogP contribution in [0.15, 0.2) is 77.4 Å². The molecule has 0 amide bonds. The van der Waals surface area contributed by atoms with Crippen LogP contribution in [-0.4, -0.2) is 19.2 Å². The summed E-state index contributed by atoms with van der Waals surface area (Å²) >= 11 is 1.24. The number of hydrogen-bond acceptors (Lipinski definition) is 6. The Morgan fingerprint density at radius 1 is 1.11 bits per heavy atom. The molecule has 8 heteroatoms. The van der Waals surface area contributed by atoms with Gasteiger partial charge in [-0.15, -0.1) is 11.3 Å². The fourth-order valence-electron chi connectivity index (χ4n) is 2.80. The highest BCUT2D eigenvalue weighted by molar-refractivity contribution is 7.97. The third kappa shape index (κ3) is 3.24. The summed E-state index contributed by atoms with van der Waals surface area (Å²) in [6.45, 7) is 0.157. The number of nitrogens with zero attached hydrogens (tertiary/aromatic N) is 2. The number of sulfonamides is 1. The van der Waals surface area contributed by atoms with Crippen molar-refractivity contribution in [3.05, 3.63) is 87.9 Å². The van der Waals surface area contributed by atoms with Crippen LogP contribution in [0.25, 0.3) is 0 Å². The van der Waals surface area contributed by atoms with Gasteiger partial charge in [0.1, 0.15) is 4.88 Å². The molecule has 0 unspecified atom stereocenters. The summed E-state index contributed by atoms with van der Waals surface area (Å²) in [5, 5.41) is 4.59. The summed E-state index contributed by atoms with van der Waals surface area (Å²) < 4.78 is 27.7. The lowest BCUT2D eigenvalue weighted by Gasteiger charge is -2.29. The largest absolute Gasteiger partial charge is 0.359 e. The number of carbonyl (C=O) groups excluding carboxylic acids is 1. The topological polar surface area (TPSA) is 79.4 Å². The lowest BCUT2D eigenvalue weighted by molar-refractivity contribution is 0.104. The number of pyridine rings is 1. The fraction of sp³-hybridized carbons (Fsp3) is 0.0526. The number of fused-ring (bicyclic) bond motifs is 1. The van der Waals surface area contributed by atoms with Crippen LogP contribution in [0.1, 0.15) is 15.2 Å². The van der Waals surface area contributed by atoms with Crippen molar-refractivity contribution >= 4 is 38.5 Å². The molecule has 6 nitrogen and oxygen atoms in total. The Balaban J connectivity index is 1.76. The Morgan fingerprint density at radius 2 is 1.93 bits per heavy atom. The van der Waals surface area contributed by atoms with Gasteiger partial charge in [-0.1, -0.05) is 30.3 Å². The van der Waals surface area contributed by atoms with Crippen molar-refractivity contribution in [2.24, 2.45) is 0 Å². The molecule has 0 saturated carbocycles. The number of anilines is 2.